The number of rotatable bonds is 3. The van der Waals surface area contributed by atoms with Gasteiger partial charge in [-0.15, -0.1) is 0 Å². The van der Waals surface area contributed by atoms with Crippen LogP contribution in [-0.2, 0) is 0 Å². The van der Waals surface area contributed by atoms with Crippen molar-refractivity contribution in [2.45, 2.75) is 25.8 Å². The van der Waals surface area contributed by atoms with E-state index < -0.39 is 0 Å². The molecule has 124 valence electrons. The molecule has 0 aromatic heterocycles. The fraction of sp³-hybridized carbons (Fsp3) is 0.350. The van der Waals surface area contributed by atoms with E-state index in [9.17, 15) is 4.79 Å². The summed E-state index contributed by atoms with van der Waals surface area (Å²) in [6.07, 6.45) is 2.31. The molecule has 1 atom stereocenters. The van der Waals surface area contributed by atoms with Crippen LogP contribution in [-0.4, -0.2) is 19.1 Å². The first-order valence-electron chi connectivity index (χ1n) is 8.41. The van der Waals surface area contributed by atoms with Crippen molar-refractivity contribution in [3.05, 3.63) is 59.7 Å². The standard InChI is InChI=1S/C20H21NO3/c1-14(15-5-3-2-4-6-15)21-19(22)16-7-8-17-18(11-16)24-13-20(9-10-20)12-23-17/h2-8,11,14H,9-10,12-13H2,1H3,(H,21,22). The van der Waals surface area contributed by atoms with Gasteiger partial charge in [-0.25, -0.2) is 0 Å². The molecule has 1 N–H and O–H groups in total. The van der Waals surface area contributed by atoms with Crippen molar-refractivity contribution in [2.24, 2.45) is 5.41 Å². The smallest absolute Gasteiger partial charge is 0.251 e. The molecule has 1 saturated carbocycles. The van der Waals surface area contributed by atoms with Gasteiger partial charge in [0.25, 0.3) is 5.91 Å². The quantitative estimate of drug-likeness (QED) is 0.936. The van der Waals surface area contributed by atoms with Crippen LogP contribution in [0.25, 0.3) is 0 Å². The second-order valence-corrected chi connectivity index (χ2v) is 6.84. The number of hydrogen-bond acceptors (Lipinski definition) is 3. The summed E-state index contributed by atoms with van der Waals surface area (Å²) in [4.78, 5) is 12.5. The van der Waals surface area contributed by atoms with E-state index in [1.54, 1.807) is 12.1 Å². The SMILES string of the molecule is CC(NC(=O)c1ccc2c(c1)OCC1(CC1)CO2)c1ccccc1. The van der Waals surface area contributed by atoms with Crippen molar-refractivity contribution in [2.75, 3.05) is 13.2 Å². The Hall–Kier alpha value is -2.49. The van der Waals surface area contributed by atoms with E-state index in [4.69, 9.17) is 9.47 Å². The lowest BCUT2D eigenvalue weighted by Crippen LogP contribution is -2.26. The van der Waals surface area contributed by atoms with Gasteiger partial charge in [0.05, 0.1) is 19.3 Å². The zero-order valence-electron chi connectivity index (χ0n) is 13.7. The van der Waals surface area contributed by atoms with Crippen LogP contribution in [0.3, 0.4) is 0 Å². The Bertz CT molecular complexity index is 753. The monoisotopic (exact) mass is 323 g/mol. The largest absolute Gasteiger partial charge is 0.489 e. The highest BCUT2D eigenvalue weighted by atomic mass is 16.5. The fourth-order valence-corrected chi connectivity index (χ4v) is 2.96. The Morgan fingerprint density at radius 2 is 1.75 bits per heavy atom. The predicted octanol–water partition coefficient (Wildman–Crippen LogP) is 3.73. The average Bonchev–Trinajstić information content (AvgIpc) is 3.42. The number of ether oxygens (including phenoxy) is 2. The van der Waals surface area contributed by atoms with Crippen LogP contribution < -0.4 is 14.8 Å². The van der Waals surface area contributed by atoms with Gasteiger partial charge in [-0.1, -0.05) is 30.3 Å². The number of hydrogen-bond donors (Lipinski definition) is 1. The summed E-state index contributed by atoms with van der Waals surface area (Å²) < 4.78 is 11.8. The van der Waals surface area contributed by atoms with Crippen molar-refractivity contribution in [1.29, 1.82) is 0 Å². The summed E-state index contributed by atoms with van der Waals surface area (Å²) in [6.45, 7) is 3.36. The molecule has 4 nitrogen and oxygen atoms in total. The number of amides is 1. The Morgan fingerprint density at radius 3 is 2.46 bits per heavy atom. The molecule has 1 spiro atoms. The Kier molecular flexibility index (Phi) is 3.68. The summed E-state index contributed by atoms with van der Waals surface area (Å²) >= 11 is 0. The summed E-state index contributed by atoms with van der Waals surface area (Å²) in [6, 6.07) is 15.3. The third-order valence-electron chi connectivity index (χ3n) is 4.88. The second kappa shape index (κ2) is 5.86. The summed E-state index contributed by atoms with van der Waals surface area (Å²) in [5, 5.41) is 3.03. The zero-order chi connectivity index (χ0) is 16.6. The molecule has 0 saturated heterocycles. The minimum atomic E-state index is -0.108. The molecule has 4 rings (SSSR count). The lowest BCUT2D eigenvalue weighted by molar-refractivity contribution is 0.0939. The van der Waals surface area contributed by atoms with E-state index in [2.05, 4.69) is 5.32 Å². The van der Waals surface area contributed by atoms with Crippen molar-refractivity contribution in [3.8, 4) is 11.5 Å². The van der Waals surface area contributed by atoms with Crippen molar-refractivity contribution >= 4 is 5.91 Å². The molecule has 2 aromatic carbocycles. The molecule has 1 fully saturated rings. The van der Waals surface area contributed by atoms with Gasteiger partial charge in [0.15, 0.2) is 11.5 Å². The Morgan fingerprint density at radius 1 is 1.04 bits per heavy atom. The number of benzene rings is 2. The van der Waals surface area contributed by atoms with Crippen molar-refractivity contribution in [3.63, 3.8) is 0 Å². The summed E-state index contributed by atoms with van der Waals surface area (Å²) in [5.41, 5.74) is 1.87. The lowest BCUT2D eigenvalue weighted by atomic mass is 10.1. The molecule has 1 aliphatic carbocycles. The number of nitrogens with one attached hydrogen (secondary N) is 1. The van der Waals surface area contributed by atoms with Gasteiger partial charge >= 0.3 is 0 Å². The second-order valence-electron chi connectivity index (χ2n) is 6.84. The molecule has 0 radical (unpaired) electrons. The predicted molar refractivity (Wildman–Crippen MR) is 91.4 cm³/mol. The van der Waals surface area contributed by atoms with Crippen molar-refractivity contribution < 1.29 is 14.3 Å². The molecular weight excluding hydrogens is 302 g/mol. The van der Waals surface area contributed by atoms with E-state index in [0.29, 0.717) is 24.5 Å². The highest BCUT2D eigenvalue weighted by Gasteiger charge is 2.46. The van der Waals surface area contributed by atoms with Crippen LogP contribution >= 0.6 is 0 Å². The first-order chi connectivity index (χ1) is 11.7. The van der Waals surface area contributed by atoms with Gasteiger partial charge < -0.3 is 14.8 Å². The highest BCUT2D eigenvalue weighted by Crippen LogP contribution is 2.49. The first-order valence-corrected chi connectivity index (χ1v) is 8.41. The van der Waals surface area contributed by atoms with Crippen molar-refractivity contribution in [1.82, 2.24) is 5.32 Å². The molecular formula is C20H21NO3. The Balaban J connectivity index is 1.48. The Labute approximate surface area is 141 Å². The lowest BCUT2D eigenvalue weighted by Gasteiger charge is -2.15. The number of carbonyl (C=O) groups excluding carboxylic acids is 1. The van der Waals surface area contributed by atoms with Crippen LogP contribution in [0, 0.1) is 5.41 Å². The summed E-state index contributed by atoms with van der Waals surface area (Å²) in [7, 11) is 0. The average molecular weight is 323 g/mol. The molecule has 0 bridgehead atoms. The van der Waals surface area contributed by atoms with E-state index >= 15 is 0 Å². The first kappa shape index (κ1) is 15.1. The maximum atomic E-state index is 12.5. The molecule has 2 aliphatic rings. The van der Waals surface area contributed by atoms with Gasteiger partial charge in [-0.3, -0.25) is 4.79 Å². The summed E-state index contributed by atoms with van der Waals surface area (Å²) in [5.74, 6) is 1.29. The van der Waals surface area contributed by atoms with Gasteiger partial charge in [0.2, 0.25) is 0 Å². The van der Waals surface area contributed by atoms with Crippen LogP contribution in [0.15, 0.2) is 48.5 Å². The normalized spacial score (nSPS) is 18.5. The number of fused-ring (bicyclic) bond motifs is 1. The van der Waals surface area contributed by atoms with Crippen LogP contribution in [0.2, 0.25) is 0 Å². The molecule has 2 aromatic rings. The van der Waals surface area contributed by atoms with Crippen LogP contribution in [0.4, 0.5) is 0 Å². The molecule has 1 heterocycles. The zero-order valence-corrected chi connectivity index (χ0v) is 13.7. The maximum Gasteiger partial charge on any atom is 0.251 e. The topological polar surface area (TPSA) is 47.6 Å². The third kappa shape index (κ3) is 2.96. The van der Waals surface area contributed by atoms with E-state index in [1.165, 1.54) is 0 Å². The van der Waals surface area contributed by atoms with Crippen LogP contribution in [0.5, 0.6) is 11.5 Å². The minimum Gasteiger partial charge on any atom is -0.489 e. The van der Waals surface area contributed by atoms with Gasteiger partial charge in [0.1, 0.15) is 0 Å². The molecule has 4 heteroatoms. The van der Waals surface area contributed by atoms with Gasteiger partial charge in [-0.05, 0) is 43.5 Å². The molecule has 1 unspecified atom stereocenters. The molecule has 24 heavy (non-hydrogen) atoms. The minimum absolute atomic E-state index is 0.0515. The van der Waals surface area contributed by atoms with Gasteiger partial charge in [0, 0.05) is 11.0 Å². The van der Waals surface area contributed by atoms with E-state index in [0.717, 1.165) is 24.2 Å². The maximum absolute atomic E-state index is 12.5. The highest BCUT2D eigenvalue weighted by molar-refractivity contribution is 5.95. The third-order valence-corrected chi connectivity index (χ3v) is 4.88. The number of carbonyl (C=O) groups is 1. The van der Waals surface area contributed by atoms with E-state index in [-0.39, 0.29) is 17.4 Å². The van der Waals surface area contributed by atoms with E-state index in [1.807, 2.05) is 43.3 Å². The molecule has 1 amide bonds. The van der Waals surface area contributed by atoms with Gasteiger partial charge in [-0.2, -0.15) is 0 Å². The fourth-order valence-electron chi connectivity index (χ4n) is 2.96. The molecule has 1 aliphatic heterocycles. The van der Waals surface area contributed by atoms with Crippen LogP contribution in [0.1, 0.15) is 41.7 Å².